The van der Waals surface area contributed by atoms with Crippen molar-refractivity contribution in [1.29, 1.82) is 0 Å². The standard InChI is InChI=1S/C25H24N2O4/c1-17-6-3-4-7-21(17)25-27-22-14-9-18(16-23(22)31-25)26-24(28)8-5-15-30-20-12-10-19(29-2)11-13-20/h3-4,6-7,9-14,16H,5,8,15H2,1-2H3,(H,26,28). The summed E-state index contributed by atoms with van der Waals surface area (Å²) in [5, 5.41) is 2.91. The molecule has 6 heteroatoms. The predicted octanol–water partition coefficient (Wildman–Crippen LogP) is 5.61. The Morgan fingerprint density at radius 3 is 2.58 bits per heavy atom. The number of carbonyl (C=O) groups excluding carboxylic acids is 1. The van der Waals surface area contributed by atoms with Crippen LogP contribution in [0.15, 0.2) is 71.1 Å². The first-order valence-corrected chi connectivity index (χ1v) is 10.2. The largest absolute Gasteiger partial charge is 0.497 e. The number of fused-ring (bicyclic) bond motifs is 1. The number of rotatable bonds is 8. The smallest absolute Gasteiger partial charge is 0.227 e. The van der Waals surface area contributed by atoms with E-state index in [4.69, 9.17) is 13.9 Å². The van der Waals surface area contributed by atoms with E-state index in [0.717, 1.165) is 28.1 Å². The number of nitrogens with one attached hydrogen (secondary N) is 1. The van der Waals surface area contributed by atoms with Gasteiger partial charge in [-0.25, -0.2) is 4.98 Å². The van der Waals surface area contributed by atoms with Crippen LogP contribution < -0.4 is 14.8 Å². The van der Waals surface area contributed by atoms with Crippen LogP contribution in [0.4, 0.5) is 5.69 Å². The van der Waals surface area contributed by atoms with E-state index in [1.54, 1.807) is 13.2 Å². The van der Waals surface area contributed by atoms with Crippen molar-refractivity contribution in [2.75, 3.05) is 19.0 Å². The number of aryl methyl sites for hydroxylation is 1. The highest BCUT2D eigenvalue weighted by Gasteiger charge is 2.11. The number of ether oxygens (including phenoxy) is 2. The molecular formula is C25H24N2O4. The molecule has 0 unspecified atom stereocenters. The quantitative estimate of drug-likeness (QED) is 0.378. The average Bonchev–Trinajstić information content (AvgIpc) is 3.20. The minimum atomic E-state index is -0.0728. The number of oxazole rings is 1. The molecule has 0 aliphatic carbocycles. The van der Waals surface area contributed by atoms with Gasteiger partial charge in [0.2, 0.25) is 11.8 Å². The average molecular weight is 416 g/mol. The van der Waals surface area contributed by atoms with Crippen molar-refractivity contribution in [3.8, 4) is 23.0 Å². The summed E-state index contributed by atoms with van der Waals surface area (Å²) in [4.78, 5) is 16.8. The van der Waals surface area contributed by atoms with Gasteiger partial charge in [0.1, 0.15) is 17.0 Å². The molecule has 6 nitrogen and oxygen atoms in total. The lowest BCUT2D eigenvalue weighted by molar-refractivity contribution is -0.116. The number of methoxy groups -OCH3 is 1. The van der Waals surface area contributed by atoms with Crippen LogP contribution in [0.2, 0.25) is 0 Å². The summed E-state index contributed by atoms with van der Waals surface area (Å²) in [5.41, 5.74) is 4.13. The monoisotopic (exact) mass is 416 g/mol. The van der Waals surface area contributed by atoms with E-state index >= 15 is 0 Å². The number of nitrogens with zero attached hydrogens (tertiary/aromatic N) is 1. The van der Waals surface area contributed by atoms with Gasteiger partial charge in [0.15, 0.2) is 5.58 Å². The summed E-state index contributed by atoms with van der Waals surface area (Å²) in [6, 6.07) is 20.8. The summed E-state index contributed by atoms with van der Waals surface area (Å²) in [5.74, 6) is 2.03. The highest BCUT2D eigenvalue weighted by Crippen LogP contribution is 2.28. The van der Waals surface area contributed by atoms with E-state index in [0.29, 0.717) is 36.6 Å². The van der Waals surface area contributed by atoms with Gasteiger partial charge >= 0.3 is 0 Å². The second-order valence-electron chi connectivity index (χ2n) is 7.19. The Morgan fingerprint density at radius 2 is 1.81 bits per heavy atom. The lowest BCUT2D eigenvalue weighted by Gasteiger charge is -2.08. The summed E-state index contributed by atoms with van der Waals surface area (Å²) in [7, 11) is 1.62. The zero-order valence-corrected chi connectivity index (χ0v) is 17.6. The molecule has 1 N–H and O–H groups in total. The fourth-order valence-corrected chi connectivity index (χ4v) is 3.25. The van der Waals surface area contributed by atoms with E-state index in [9.17, 15) is 4.79 Å². The van der Waals surface area contributed by atoms with Crippen LogP contribution >= 0.6 is 0 Å². The van der Waals surface area contributed by atoms with Gasteiger partial charge in [-0.05, 0) is 61.4 Å². The van der Waals surface area contributed by atoms with Gasteiger partial charge in [-0.2, -0.15) is 0 Å². The molecule has 0 saturated heterocycles. The van der Waals surface area contributed by atoms with Gasteiger partial charge in [0.05, 0.1) is 13.7 Å². The van der Waals surface area contributed by atoms with Crippen LogP contribution in [0.5, 0.6) is 11.5 Å². The molecule has 1 aromatic heterocycles. The Hall–Kier alpha value is -3.80. The molecule has 4 rings (SSSR count). The number of carbonyl (C=O) groups is 1. The third-order valence-corrected chi connectivity index (χ3v) is 4.92. The fourth-order valence-electron chi connectivity index (χ4n) is 3.25. The van der Waals surface area contributed by atoms with Crippen LogP contribution in [0.1, 0.15) is 18.4 Å². The van der Waals surface area contributed by atoms with Crippen LogP contribution in [0, 0.1) is 6.92 Å². The van der Waals surface area contributed by atoms with Gasteiger partial charge in [-0.15, -0.1) is 0 Å². The first-order chi connectivity index (χ1) is 15.1. The molecule has 0 atom stereocenters. The molecule has 31 heavy (non-hydrogen) atoms. The zero-order chi connectivity index (χ0) is 21.6. The van der Waals surface area contributed by atoms with Crippen LogP contribution in [0.3, 0.4) is 0 Å². The Balaban J connectivity index is 1.31. The fraction of sp³-hybridized carbons (Fsp3) is 0.200. The number of anilines is 1. The second kappa shape index (κ2) is 9.34. The first-order valence-electron chi connectivity index (χ1n) is 10.2. The molecular weight excluding hydrogens is 392 g/mol. The van der Waals surface area contributed by atoms with Crippen molar-refractivity contribution >= 4 is 22.7 Å². The maximum Gasteiger partial charge on any atom is 0.227 e. The van der Waals surface area contributed by atoms with Gasteiger partial charge in [0, 0.05) is 23.7 Å². The van der Waals surface area contributed by atoms with Crippen LogP contribution in [-0.2, 0) is 4.79 Å². The van der Waals surface area contributed by atoms with Crippen molar-refractivity contribution in [2.45, 2.75) is 19.8 Å². The molecule has 0 spiro atoms. The second-order valence-corrected chi connectivity index (χ2v) is 7.19. The molecule has 0 aliphatic rings. The third kappa shape index (κ3) is 5.04. The molecule has 0 bridgehead atoms. The lowest BCUT2D eigenvalue weighted by Crippen LogP contribution is -2.12. The van der Waals surface area contributed by atoms with Gasteiger partial charge in [-0.1, -0.05) is 18.2 Å². The van der Waals surface area contributed by atoms with Crippen molar-refractivity contribution in [1.82, 2.24) is 4.98 Å². The van der Waals surface area contributed by atoms with Gasteiger partial charge < -0.3 is 19.2 Å². The van der Waals surface area contributed by atoms with Crippen molar-refractivity contribution in [3.05, 3.63) is 72.3 Å². The molecule has 4 aromatic rings. The normalized spacial score (nSPS) is 10.8. The Labute approximate surface area is 180 Å². The summed E-state index contributed by atoms with van der Waals surface area (Å²) in [6.45, 7) is 2.48. The summed E-state index contributed by atoms with van der Waals surface area (Å²) in [6.07, 6.45) is 0.971. The van der Waals surface area contributed by atoms with Crippen molar-refractivity contribution in [2.24, 2.45) is 0 Å². The number of hydrogen-bond acceptors (Lipinski definition) is 5. The van der Waals surface area contributed by atoms with Crippen molar-refractivity contribution < 1.29 is 18.7 Å². The van der Waals surface area contributed by atoms with E-state index in [2.05, 4.69) is 10.3 Å². The molecule has 0 aliphatic heterocycles. The molecule has 1 heterocycles. The van der Waals surface area contributed by atoms with Crippen LogP contribution in [-0.4, -0.2) is 24.6 Å². The number of hydrogen-bond donors (Lipinski definition) is 1. The summed E-state index contributed by atoms with van der Waals surface area (Å²) < 4.78 is 16.7. The third-order valence-electron chi connectivity index (χ3n) is 4.92. The molecule has 0 radical (unpaired) electrons. The van der Waals surface area contributed by atoms with E-state index in [1.807, 2.05) is 67.6 Å². The number of amides is 1. The van der Waals surface area contributed by atoms with Crippen LogP contribution in [0.25, 0.3) is 22.6 Å². The Morgan fingerprint density at radius 1 is 1.03 bits per heavy atom. The number of aromatic nitrogens is 1. The predicted molar refractivity (Wildman–Crippen MR) is 121 cm³/mol. The zero-order valence-electron chi connectivity index (χ0n) is 17.6. The molecule has 3 aromatic carbocycles. The summed E-state index contributed by atoms with van der Waals surface area (Å²) >= 11 is 0. The maximum absolute atomic E-state index is 12.3. The highest BCUT2D eigenvalue weighted by atomic mass is 16.5. The topological polar surface area (TPSA) is 73.6 Å². The first kappa shape index (κ1) is 20.5. The minimum Gasteiger partial charge on any atom is -0.497 e. The Bertz CT molecular complexity index is 1180. The SMILES string of the molecule is COc1ccc(OCCCC(=O)Nc2ccc3nc(-c4ccccc4C)oc3c2)cc1. The van der Waals surface area contributed by atoms with E-state index in [1.165, 1.54) is 0 Å². The molecule has 0 fully saturated rings. The van der Waals surface area contributed by atoms with Crippen molar-refractivity contribution in [3.63, 3.8) is 0 Å². The molecule has 1 amide bonds. The van der Waals surface area contributed by atoms with Gasteiger partial charge in [-0.3, -0.25) is 4.79 Å². The molecule has 0 saturated carbocycles. The minimum absolute atomic E-state index is 0.0728. The van der Waals surface area contributed by atoms with E-state index < -0.39 is 0 Å². The molecule has 158 valence electrons. The maximum atomic E-state index is 12.3. The number of benzene rings is 3. The lowest BCUT2D eigenvalue weighted by atomic mass is 10.1. The Kier molecular flexibility index (Phi) is 6.17. The van der Waals surface area contributed by atoms with Gasteiger partial charge in [0.25, 0.3) is 0 Å². The van der Waals surface area contributed by atoms with E-state index in [-0.39, 0.29) is 5.91 Å². The highest BCUT2D eigenvalue weighted by molar-refractivity contribution is 5.93.